The third-order valence-electron chi connectivity index (χ3n) is 3.17. The van der Waals surface area contributed by atoms with Gasteiger partial charge in [-0.05, 0) is 31.2 Å². The Hall–Kier alpha value is -2.89. The number of nitrogens with one attached hydrogen (secondary N) is 1. The monoisotopic (exact) mass is 297 g/mol. The van der Waals surface area contributed by atoms with E-state index < -0.39 is 0 Å². The maximum atomic E-state index is 12.0. The summed E-state index contributed by atoms with van der Waals surface area (Å²) in [5, 5.41) is 7.57. The number of benzene rings is 1. The third-order valence-corrected chi connectivity index (χ3v) is 3.17. The van der Waals surface area contributed by atoms with Gasteiger partial charge in [-0.15, -0.1) is 0 Å². The van der Waals surface area contributed by atoms with E-state index in [1.165, 1.54) is 0 Å². The first kappa shape index (κ1) is 14.1. The molecule has 0 fully saturated rings. The van der Waals surface area contributed by atoms with E-state index in [0.717, 1.165) is 10.9 Å². The number of hydrogen-bond donors (Lipinski definition) is 1. The SMILES string of the molecule is COc1ccc2cc(NC(=O)Cc3cc(C)on3)ccc2n1. The molecular formula is C16H15N3O3. The van der Waals surface area contributed by atoms with Crippen LogP contribution in [0.5, 0.6) is 5.88 Å². The molecule has 112 valence electrons. The molecule has 2 heterocycles. The lowest BCUT2D eigenvalue weighted by atomic mass is 10.2. The van der Waals surface area contributed by atoms with Crippen molar-refractivity contribution in [2.45, 2.75) is 13.3 Å². The number of pyridine rings is 1. The average molecular weight is 297 g/mol. The van der Waals surface area contributed by atoms with Crippen LogP contribution in [0.2, 0.25) is 0 Å². The van der Waals surface area contributed by atoms with Gasteiger partial charge in [-0.3, -0.25) is 4.79 Å². The minimum absolute atomic E-state index is 0.144. The van der Waals surface area contributed by atoms with Crippen molar-refractivity contribution in [2.75, 3.05) is 12.4 Å². The Morgan fingerprint density at radius 2 is 2.14 bits per heavy atom. The van der Waals surface area contributed by atoms with Crippen LogP contribution < -0.4 is 10.1 Å². The van der Waals surface area contributed by atoms with Gasteiger partial charge in [0, 0.05) is 23.2 Å². The van der Waals surface area contributed by atoms with Gasteiger partial charge in [-0.1, -0.05) is 5.16 Å². The van der Waals surface area contributed by atoms with Crippen molar-refractivity contribution in [3.05, 3.63) is 47.9 Å². The lowest BCUT2D eigenvalue weighted by molar-refractivity contribution is -0.115. The van der Waals surface area contributed by atoms with Crippen molar-refractivity contribution in [1.29, 1.82) is 0 Å². The number of ether oxygens (including phenoxy) is 1. The number of carbonyl (C=O) groups is 1. The minimum atomic E-state index is -0.144. The molecule has 0 atom stereocenters. The van der Waals surface area contributed by atoms with Crippen molar-refractivity contribution in [3.8, 4) is 5.88 Å². The van der Waals surface area contributed by atoms with Crippen molar-refractivity contribution in [2.24, 2.45) is 0 Å². The Bertz CT molecular complexity index is 826. The van der Waals surface area contributed by atoms with Gasteiger partial charge in [-0.2, -0.15) is 0 Å². The van der Waals surface area contributed by atoms with Crippen LogP contribution in [-0.4, -0.2) is 23.2 Å². The molecule has 0 aliphatic rings. The molecule has 1 amide bonds. The van der Waals surface area contributed by atoms with Crippen molar-refractivity contribution in [1.82, 2.24) is 10.1 Å². The summed E-state index contributed by atoms with van der Waals surface area (Å²) in [6.45, 7) is 1.79. The fraction of sp³-hybridized carbons (Fsp3) is 0.188. The zero-order valence-corrected chi connectivity index (χ0v) is 12.3. The summed E-state index contributed by atoms with van der Waals surface area (Å²) in [5.41, 5.74) is 2.14. The Balaban J connectivity index is 1.74. The molecule has 0 saturated heterocycles. The molecular weight excluding hydrogens is 282 g/mol. The Labute approximate surface area is 127 Å². The zero-order chi connectivity index (χ0) is 15.5. The van der Waals surface area contributed by atoms with Crippen molar-refractivity contribution in [3.63, 3.8) is 0 Å². The second-order valence-corrected chi connectivity index (χ2v) is 4.91. The number of aromatic nitrogens is 2. The minimum Gasteiger partial charge on any atom is -0.481 e. The molecule has 0 aliphatic carbocycles. The number of aryl methyl sites for hydroxylation is 1. The van der Waals surface area contributed by atoms with Crippen molar-refractivity contribution >= 4 is 22.5 Å². The van der Waals surface area contributed by atoms with Gasteiger partial charge in [0.2, 0.25) is 11.8 Å². The first-order chi connectivity index (χ1) is 10.6. The van der Waals surface area contributed by atoms with Crippen LogP contribution in [0.3, 0.4) is 0 Å². The van der Waals surface area contributed by atoms with E-state index in [9.17, 15) is 4.79 Å². The third kappa shape index (κ3) is 3.06. The fourth-order valence-electron chi connectivity index (χ4n) is 2.17. The predicted molar refractivity (Wildman–Crippen MR) is 81.9 cm³/mol. The van der Waals surface area contributed by atoms with E-state index in [1.807, 2.05) is 18.2 Å². The number of hydrogen-bond acceptors (Lipinski definition) is 5. The van der Waals surface area contributed by atoms with Gasteiger partial charge in [-0.25, -0.2) is 4.98 Å². The van der Waals surface area contributed by atoms with E-state index in [0.29, 0.717) is 23.0 Å². The molecule has 0 aliphatic heterocycles. The largest absolute Gasteiger partial charge is 0.481 e. The highest BCUT2D eigenvalue weighted by atomic mass is 16.5. The number of fused-ring (bicyclic) bond motifs is 1. The maximum Gasteiger partial charge on any atom is 0.230 e. The topological polar surface area (TPSA) is 77.2 Å². The molecule has 0 bridgehead atoms. The number of methoxy groups -OCH3 is 1. The van der Waals surface area contributed by atoms with Gasteiger partial charge >= 0.3 is 0 Å². The van der Waals surface area contributed by atoms with Gasteiger partial charge in [0.15, 0.2) is 0 Å². The van der Waals surface area contributed by atoms with Crippen LogP contribution in [0, 0.1) is 6.92 Å². The summed E-state index contributed by atoms with van der Waals surface area (Å²) in [5.74, 6) is 1.10. The number of rotatable bonds is 4. The van der Waals surface area contributed by atoms with Crippen LogP contribution >= 0.6 is 0 Å². The number of amides is 1. The molecule has 2 aromatic heterocycles. The summed E-state index contributed by atoms with van der Waals surface area (Å²) in [6, 6.07) is 10.9. The summed E-state index contributed by atoms with van der Waals surface area (Å²) in [6.07, 6.45) is 0.177. The summed E-state index contributed by atoms with van der Waals surface area (Å²) < 4.78 is 10.0. The van der Waals surface area contributed by atoms with E-state index in [4.69, 9.17) is 9.26 Å². The summed E-state index contributed by atoms with van der Waals surface area (Å²) >= 11 is 0. The van der Waals surface area contributed by atoms with E-state index >= 15 is 0 Å². The molecule has 3 aromatic rings. The fourth-order valence-corrected chi connectivity index (χ4v) is 2.17. The highest BCUT2D eigenvalue weighted by Crippen LogP contribution is 2.20. The Kier molecular flexibility index (Phi) is 3.74. The van der Waals surface area contributed by atoms with Crippen LogP contribution in [0.25, 0.3) is 10.9 Å². The van der Waals surface area contributed by atoms with Gasteiger partial charge < -0.3 is 14.6 Å². The molecule has 3 rings (SSSR count). The Morgan fingerprint density at radius 1 is 1.27 bits per heavy atom. The zero-order valence-electron chi connectivity index (χ0n) is 12.3. The molecule has 6 nitrogen and oxygen atoms in total. The maximum absolute atomic E-state index is 12.0. The smallest absolute Gasteiger partial charge is 0.230 e. The normalized spacial score (nSPS) is 10.6. The molecule has 0 spiro atoms. The summed E-state index contributed by atoms with van der Waals surface area (Å²) in [7, 11) is 1.58. The van der Waals surface area contributed by atoms with Gasteiger partial charge in [0.1, 0.15) is 5.76 Å². The lowest BCUT2D eigenvalue weighted by Gasteiger charge is -2.06. The van der Waals surface area contributed by atoms with Gasteiger partial charge in [0.25, 0.3) is 0 Å². The van der Waals surface area contributed by atoms with Gasteiger partial charge in [0.05, 0.1) is 24.7 Å². The predicted octanol–water partition coefficient (Wildman–Crippen LogP) is 2.72. The quantitative estimate of drug-likeness (QED) is 0.801. The standard InChI is InChI=1S/C16H15N3O3/c1-10-7-13(19-22-10)9-15(20)17-12-4-5-14-11(8-12)3-6-16(18-14)21-2/h3-8H,9H2,1-2H3,(H,17,20). The second kappa shape index (κ2) is 5.85. The van der Waals surface area contributed by atoms with E-state index in [1.54, 1.807) is 32.2 Å². The van der Waals surface area contributed by atoms with Crippen LogP contribution in [0.4, 0.5) is 5.69 Å². The first-order valence-corrected chi connectivity index (χ1v) is 6.81. The molecule has 22 heavy (non-hydrogen) atoms. The number of anilines is 1. The highest BCUT2D eigenvalue weighted by molar-refractivity contribution is 5.94. The van der Waals surface area contributed by atoms with Crippen molar-refractivity contribution < 1.29 is 14.1 Å². The average Bonchev–Trinajstić information content (AvgIpc) is 2.91. The van der Waals surface area contributed by atoms with Crippen LogP contribution in [0.15, 0.2) is 40.9 Å². The van der Waals surface area contributed by atoms with E-state index in [2.05, 4.69) is 15.5 Å². The molecule has 0 radical (unpaired) electrons. The number of nitrogens with zero attached hydrogens (tertiary/aromatic N) is 2. The molecule has 0 saturated carbocycles. The molecule has 0 unspecified atom stereocenters. The highest BCUT2D eigenvalue weighted by Gasteiger charge is 2.08. The Morgan fingerprint density at radius 3 is 2.86 bits per heavy atom. The molecule has 1 aromatic carbocycles. The second-order valence-electron chi connectivity index (χ2n) is 4.91. The number of carbonyl (C=O) groups excluding carboxylic acids is 1. The molecule has 1 N–H and O–H groups in total. The van der Waals surface area contributed by atoms with Crippen LogP contribution in [0.1, 0.15) is 11.5 Å². The molecule has 6 heteroatoms. The van der Waals surface area contributed by atoms with E-state index in [-0.39, 0.29) is 12.3 Å². The summed E-state index contributed by atoms with van der Waals surface area (Å²) in [4.78, 5) is 16.3. The first-order valence-electron chi connectivity index (χ1n) is 6.81. The van der Waals surface area contributed by atoms with Crippen LogP contribution in [-0.2, 0) is 11.2 Å². The lowest BCUT2D eigenvalue weighted by Crippen LogP contribution is -2.14.